The van der Waals surface area contributed by atoms with E-state index in [-0.39, 0.29) is 5.56 Å². The molecule has 0 bridgehead atoms. The van der Waals surface area contributed by atoms with Crippen LogP contribution in [0, 0.1) is 5.92 Å². The number of fused-ring (bicyclic) bond motifs is 1. The molecule has 33 heavy (non-hydrogen) atoms. The second-order valence-electron chi connectivity index (χ2n) is 8.23. The van der Waals surface area contributed by atoms with Crippen LogP contribution in [0.4, 0.5) is 5.69 Å². The molecule has 0 unspecified atom stereocenters. The van der Waals surface area contributed by atoms with E-state index >= 15 is 0 Å². The van der Waals surface area contributed by atoms with Gasteiger partial charge in [0.1, 0.15) is 0 Å². The predicted octanol–water partition coefficient (Wildman–Crippen LogP) is 5.13. The van der Waals surface area contributed by atoms with Crippen LogP contribution in [-0.2, 0) is 0 Å². The first-order valence-corrected chi connectivity index (χ1v) is 11.2. The molecule has 2 heterocycles. The number of rotatable bonds is 6. The third kappa shape index (κ3) is 4.34. The van der Waals surface area contributed by atoms with E-state index in [2.05, 4.69) is 4.99 Å². The summed E-state index contributed by atoms with van der Waals surface area (Å²) in [5, 5.41) is 1.42. The number of pyridine rings is 2. The number of ether oxygens (including phenoxy) is 1. The third-order valence-electron chi connectivity index (χ3n) is 5.75. The van der Waals surface area contributed by atoms with Crippen LogP contribution >= 0.6 is 11.6 Å². The fraction of sp³-hybridized carbons (Fsp3) is 0.192. The normalized spacial score (nSPS) is 13.6. The van der Waals surface area contributed by atoms with Gasteiger partial charge in [0.05, 0.1) is 17.7 Å². The van der Waals surface area contributed by atoms with Gasteiger partial charge in [0.15, 0.2) is 0 Å². The molecule has 0 radical (unpaired) electrons. The summed E-state index contributed by atoms with van der Waals surface area (Å²) in [6.45, 7) is 0.652. The summed E-state index contributed by atoms with van der Waals surface area (Å²) in [5.41, 5.74) is 9.73. The number of nitrogens with two attached hydrogens (primary N) is 1. The Kier molecular flexibility index (Phi) is 5.60. The van der Waals surface area contributed by atoms with Crippen molar-refractivity contribution in [2.75, 3.05) is 19.4 Å². The summed E-state index contributed by atoms with van der Waals surface area (Å²) < 4.78 is 7.51. The molecule has 0 aliphatic heterocycles. The first kappa shape index (κ1) is 21.2. The first-order chi connectivity index (χ1) is 16.0. The molecule has 2 aromatic carbocycles. The van der Waals surface area contributed by atoms with E-state index in [1.165, 1.54) is 12.8 Å². The zero-order valence-corrected chi connectivity index (χ0v) is 18.9. The number of hydrogen-bond acceptors (Lipinski definition) is 5. The number of anilines is 1. The maximum atomic E-state index is 13.8. The Bertz CT molecular complexity index is 1420. The molecule has 2 aromatic heterocycles. The average molecular weight is 459 g/mol. The lowest BCUT2D eigenvalue weighted by Crippen LogP contribution is -2.21. The number of benzene rings is 2. The van der Waals surface area contributed by atoms with Gasteiger partial charge in [-0.05, 0) is 60.7 Å². The summed E-state index contributed by atoms with van der Waals surface area (Å²) in [7, 11) is 1.68. The monoisotopic (exact) mass is 458 g/mol. The minimum atomic E-state index is -0.194. The van der Waals surface area contributed by atoms with Crippen LogP contribution in [0.1, 0.15) is 18.4 Å². The molecular weight excluding hydrogens is 436 g/mol. The van der Waals surface area contributed by atoms with Crippen molar-refractivity contribution in [3.8, 4) is 22.7 Å². The highest BCUT2D eigenvalue weighted by atomic mass is 35.5. The van der Waals surface area contributed by atoms with Gasteiger partial charge in [-0.25, -0.2) is 4.98 Å². The van der Waals surface area contributed by atoms with Crippen molar-refractivity contribution in [2.24, 2.45) is 10.9 Å². The molecule has 1 aliphatic carbocycles. The van der Waals surface area contributed by atoms with Crippen molar-refractivity contribution in [3.05, 3.63) is 81.7 Å². The van der Waals surface area contributed by atoms with E-state index < -0.39 is 0 Å². The van der Waals surface area contributed by atoms with E-state index in [1.54, 1.807) is 42.2 Å². The molecule has 4 aromatic rings. The van der Waals surface area contributed by atoms with E-state index in [0.717, 1.165) is 16.5 Å². The van der Waals surface area contributed by atoms with Gasteiger partial charge >= 0.3 is 0 Å². The van der Waals surface area contributed by atoms with Gasteiger partial charge in [0, 0.05) is 52.9 Å². The maximum absolute atomic E-state index is 13.8. The molecule has 1 saturated carbocycles. The van der Waals surface area contributed by atoms with Crippen LogP contribution in [0.25, 0.3) is 27.7 Å². The Morgan fingerprint density at radius 3 is 2.70 bits per heavy atom. The highest BCUT2D eigenvalue weighted by Crippen LogP contribution is 2.31. The quantitative estimate of drug-likeness (QED) is 0.321. The molecular formula is C26H23ClN4O2. The van der Waals surface area contributed by atoms with Crippen LogP contribution in [0.3, 0.4) is 0 Å². The first-order valence-electron chi connectivity index (χ1n) is 10.8. The van der Waals surface area contributed by atoms with Crippen LogP contribution in [0.5, 0.6) is 5.88 Å². The third-order valence-corrected chi connectivity index (χ3v) is 6.00. The number of nitrogen functional groups attached to an aromatic ring is 1. The SMILES string of the molecule is CN=Cc1cc(-n2cc3ccc(OCC4CC4)nc3c(-c3ccc(Cl)cc3)c2=O)ccc1N. The van der Waals surface area contributed by atoms with Gasteiger partial charge in [-0.1, -0.05) is 23.7 Å². The van der Waals surface area contributed by atoms with Crippen molar-refractivity contribution < 1.29 is 4.74 Å². The van der Waals surface area contributed by atoms with Crippen molar-refractivity contribution in [1.82, 2.24) is 9.55 Å². The van der Waals surface area contributed by atoms with Gasteiger partial charge in [-0.3, -0.25) is 14.4 Å². The summed E-state index contributed by atoms with van der Waals surface area (Å²) in [6.07, 6.45) is 5.87. The molecule has 0 amide bonds. The van der Waals surface area contributed by atoms with Crippen LogP contribution < -0.4 is 16.0 Å². The maximum Gasteiger partial charge on any atom is 0.265 e. The molecule has 0 spiro atoms. The Balaban J connectivity index is 1.72. The number of hydrogen-bond donors (Lipinski definition) is 1. The number of aromatic nitrogens is 2. The summed E-state index contributed by atoms with van der Waals surface area (Å²) >= 11 is 6.11. The lowest BCUT2D eigenvalue weighted by molar-refractivity contribution is 0.289. The Morgan fingerprint density at radius 2 is 1.97 bits per heavy atom. The van der Waals surface area contributed by atoms with Crippen molar-refractivity contribution in [3.63, 3.8) is 0 Å². The molecule has 2 N–H and O–H groups in total. The number of halogens is 1. The second kappa shape index (κ2) is 8.71. The molecule has 0 saturated heterocycles. The largest absolute Gasteiger partial charge is 0.477 e. The highest BCUT2D eigenvalue weighted by Gasteiger charge is 2.22. The molecule has 6 nitrogen and oxygen atoms in total. The lowest BCUT2D eigenvalue weighted by atomic mass is 10.0. The van der Waals surface area contributed by atoms with Crippen molar-refractivity contribution >= 4 is 34.4 Å². The standard InChI is InChI=1S/C26H23ClN4O2/c1-29-13-19-12-21(9-10-22(19)28)31-14-18-6-11-23(33-15-16-2-3-16)30-25(18)24(26(31)32)17-4-7-20(27)8-5-17/h4-14,16H,2-3,15,28H2,1H3. The zero-order chi connectivity index (χ0) is 22.9. The second-order valence-corrected chi connectivity index (χ2v) is 8.66. The summed E-state index contributed by atoms with van der Waals surface area (Å²) in [6, 6.07) is 16.4. The molecule has 0 atom stereocenters. The van der Waals surface area contributed by atoms with Gasteiger partial charge in [0.2, 0.25) is 5.88 Å². The van der Waals surface area contributed by atoms with Gasteiger partial charge < -0.3 is 10.5 Å². The average Bonchev–Trinajstić information content (AvgIpc) is 3.64. The molecule has 5 rings (SSSR count). The van der Waals surface area contributed by atoms with Gasteiger partial charge in [-0.2, -0.15) is 0 Å². The Labute approximate surface area is 196 Å². The molecule has 1 aliphatic rings. The number of nitrogens with zero attached hydrogens (tertiary/aromatic N) is 3. The van der Waals surface area contributed by atoms with Gasteiger partial charge in [0.25, 0.3) is 5.56 Å². The summed E-state index contributed by atoms with van der Waals surface area (Å²) in [4.78, 5) is 22.6. The Hall–Kier alpha value is -3.64. The van der Waals surface area contributed by atoms with Gasteiger partial charge in [-0.15, -0.1) is 0 Å². The minimum Gasteiger partial charge on any atom is -0.477 e. The molecule has 166 valence electrons. The van der Waals surface area contributed by atoms with Crippen LogP contribution in [0.15, 0.2) is 70.6 Å². The van der Waals surface area contributed by atoms with Crippen molar-refractivity contribution in [2.45, 2.75) is 12.8 Å². The topological polar surface area (TPSA) is 82.5 Å². The Morgan fingerprint density at radius 1 is 1.18 bits per heavy atom. The minimum absolute atomic E-state index is 0.194. The summed E-state index contributed by atoms with van der Waals surface area (Å²) in [5.74, 6) is 1.13. The smallest absolute Gasteiger partial charge is 0.265 e. The molecule has 7 heteroatoms. The van der Waals surface area contributed by atoms with E-state index in [9.17, 15) is 4.79 Å². The molecule has 1 fully saturated rings. The lowest BCUT2D eigenvalue weighted by Gasteiger charge is -2.14. The van der Waals surface area contributed by atoms with E-state index in [1.807, 2.05) is 36.4 Å². The number of aliphatic imine (C=N–C) groups is 1. The van der Waals surface area contributed by atoms with Crippen LogP contribution in [0.2, 0.25) is 5.02 Å². The fourth-order valence-corrected chi connectivity index (χ4v) is 3.90. The fourth-order valence-electron chi connectivity index (χ4n) is 3.78. The van der Waals surface area contributed by atoms with E-state index in [4.69, 9.17) is 27.1 Å². The predicted molar refractivity (Wildman–Crippen MR) is 134 cm³/mol. The highest BCUT2D eigenvalue weighted by molar-refractivity contribution is 6.30. The van der Waals surface area contributed by atoms with Crippen molar-refractivity contribution in [1.29, 1.82) is 0 Å². The zero-order valence-electron chi connectivity index (χ0n) is 18.2. The van der Waals surface area contributed by atoms with Crippen LogP contribution in [-0.4, -0.2) is 29.4 Å². The van der Waals surface area contributed by atoms with E-state index in [0.29, 0.717) is 45.9 Å².